The Morgan fingerprint density at radius 1 is 1.20 bits per heavy atom. The van der Waals surface area contributed by atoms with Crippen LogP contribution in [0.2, 0.25) is 0 Å². The van der Waals surface area contributed by atoms with E-state index in [1.54, 1.807) is 0 Å². The van der Waals surface area contributed by atoms with Gasteiger partial charge in [0.1, 0.15) is 0 Å². The lowest BCUT2D eigenvalue weighted by molar-refractivity contribution is 0.505. The van der Waals surface area contributed by atoms with E-state index in [1.165, 1.54) is 0 Å². The monoisotopic (exact) mass is 208 g/mol. The van der Waals surface area contributed by atoms with Crippen molar-refractivity contribution in [3.05, 3.63) is 36.6 Å². The normalized spacial score (nSPS) is 14.4. The van der Waals surface area contributed by atoms with E-state index in [0.29, 0.717) is 12.5 Å². The predicted molar refractivity (Wildman–Crippen MR) is 68.6 cm³/mol. The van der Waals surface area contributed by atoms with Gasteiger partial charge in [0.2, 0.25) is 0 Å². The van der Waals surface area contributed by atoms with Crippen molar-refractivity contribution in [2.45, 2.75) is 20.3 Å². The standard InChI is InChI=1S/C13H24N2/c1-4-5-6-11-15(3)12-9-13(2)8-7-10-14/h5-9,12-13H,4,10-11,14H2,1-3H3/b6-5-,8-7+,12-9-. The minimum absolute atomic E-state index is 0.450. The first-order valence-corrected chi connectivity index (χ1v) is 5.61. The quantitative estimate of drug-likeness (QED) is 0.651. The molecular weight excluding hydrogens is 184 g/mol. The number of nitrogens with zero attached hydrogens (tertiary/aromatic N) is 1. The van der Waals surface area contributed by atoms with Gasteiger partial charge in [0.25, 0.3) is 0 Å². The van der Waals surface area contributed by atoms with Crippen molar-refractivity contribution >= 4 is 0 Å². The van der Waals surface area contributed by atoms with Crippen LogP contribution in [0, 0.1) is 5.92 Å². The zero-order chi connectivity index (χ0) is 11.5. The molecule has 1 unspecified atom stereocenters. The smallest absolute Gasteiger partial charge is 0.0350 e. The molecule has 0 saturated heterocycles. The molecule has 0 spiro atoms. The highest BCUT2D eigenvalue weighted by atomic mass is 15.1. The van der Waals surface area contributed by atoms with Gasteiger partial charge in [-0.15, -0.1) is 0 Å². The zero-order valence-electron chi connectivity index (χ0n) is 10.2. The first-order valence-electron chi connectivity index (χ1n) is 5.61. The molecule has 2 N–H and O–H groups in total. The van der Waals surface area contributed by atoms with Crippen molar-refractivity contribution in [2.24, 2.45) is 11.7 Å². The minimum atomic E-state index is 0.450. The van der Waals surface area contributed by atoms with E-state index in [-0.39, 0.29) is 0 Å². The Balaban J connectivity index is 3.83. The second-order valence-corrected chi connectivity index (χ2v) is 3.68. The first kappa shape index (κ1) is 14.0. The molecule has 0 radical (unpaired) electrons. The number of allylic oxidation sites excluding steroid dienone is 3. The third-order valence-corrected chi connectivity index (χ3v) is 2.02. The van der Waals surface area contributed by atoms with Gasteiger partial charge in [0.15, 0.2) is 0 Å². The summed E-state index contributed by atoms with van der Waals surface area (Å²) in [7, 11) is 2.08. The maximum Gasteiger partial charge on any atom is 0.0350 e. The lowest BCUT2D eigenvalue weighted by Gasteiger charge is -2.11. The van der Waals surface area contributed by atoms with Crippen LogP contribution >= 0.6 is 0 Å². The molecule has 0 amide bonds. The van der Waals surface area contributed by atoms with Crippen LogP contribution in [0.1, 0.15) is 20.3 Å². The highest BCUT2D eigenvalue weighted by Gasteiger charge is 1.90. The average molecular weight is 208 g/mol. The molecule has 2 nitrogen and oxygen atoms in total. The fourth-order valence-corrected chi connectivity index (χ4v) is 1.11. The van der Waals surface area contributed by atoms with Gasteiger partial charge in [-0.05, 0) is 18.5 Å². The Morgan fingerprint density at radius 2 is 1.93 bits per heavy atom. The average Bonchev–Trinajstić information content (AvgIpc) is 2.24. The molecule has 0 aliphatic heterocycles. The Morgan fingerprint density at radius 3 is 2.53 bits per heavy atom. The number of hydrogen-bond acceptors (Lipinski definition) is 2. The number of hydrogen-bond donors (Lipinski definition) is 1. The first-order chi connectivity index (χ1) is 7.20. The van der Waals surface area contributed by atoms with Gasteiger partial charge in [-0.25, -0.2) is 0 Å². The van der Waals surface area contributed by atoms with Crippen LogP contribution in [0.5, 0.6) is 0 Å². The molecular formula is C13H24N2. The lowest BCUT2D eigenvalue weighted by atomic mass is 10.1. The highest BCUT2D eigenvalue weighted by Crippen LogP contribution is 2.00. The van der Waals surface area contributed by atoms with Gasteiger partial charge < -0.3 is 10.6 Å². The van der Waals surface area contributed by atoms with Crippen LogP contribution in [0.4, 0.5) is 0 Å². The summed E-state index contributed by atoms with van der Waals surface area (Å²) < 4.78 is 0. The Hall–Kier alpha value is -1.02. The fourth-order valence-electron chi connectivity index (χ4n) is 1.11. The summed E-state index contributed by atoms with van der Waals surface area (Å²) in [6.07, 6.45) is 13.9. The van der Waals surface area contributed by atoms with E-state index >= 15 is 0 Å². The van der Waals surface area contributed by atoms with E-state index < -0.39 is 0 Å². The third kappa shape index (κ3) is 9.29. The van der Waals surface area contributed by atoms with Crippen LogP contribution < -0.4 is 5.73 Å². The summed E-state index contributed by atoms with van der Waals surface area (Å²) >= 11 is 0. The summed E-state index contributed by atoms with van der Waals surface area (Å²) in [5, 5.41) is 0. The van der Waals surface area contributed by atoms with Crippen molar-refractivity contribution in [1.82, 2.24) is 4.90 Å². The minimum Gasteiger partial charge on any atom is -0.377 e. The molecule has 0 saturated carbocycles. The van der Waals surface area contributed by atoms with Gasteiger partial charge in [0.05, 0.1) is 0 Å². The van der Waals surface area contributed by atoms with Crippen LogP contribution in [-0.2, 0) is 0 Å². The van der Waals surface area contributed by atoms with E-state index in [9.17, 15) is 0 Å². The van der Waals surface area contributed by atoms with Crippen molar-refractivity contribution in [1.29, 1.82) is 0 Å². The zero-order valence-corrected chi connectivity index (χ0v) is 10.2. The van der Waals surface area contributed by atoms with Crippen molar-refractivity contribution in [3.63, 3.8) is 0 Å². The van der Waals surface area contributed by atoms with Gasteiger partial charge in [0, 0.05) is 20.1 Å². The topological polar surface area (TPSA) is 29.3 Å². The van der Waals surface area contributed by atoms with Gasteiger partial charge >= 0.3 is 0 Å². The molecule has 0 aliphatic rings. The van der Waals surface area contributed by atoms with Gasteiger partial charge in [-0.3, -0.25) is 0 Å². The highest BCUT2D eigenvalue weighted by molar-refractivity contribution is 4.99. The van der Waals surface area contributed by atoms with Crippen LogP contribution in [0.3, 0.4) is 0 Å². The molecule has 86 valence electrons. The van der Waals surface area contributed by atoms with Crippen molar-refractivity contribution < 1.29 is 0 Å². The van der Waals surface area contributed by atoms with E-state index in [2.05, 4.69) is 56.3 Å². The summed E-state index contributed by atoms with van der Waals surface area (Å²) in [4.78, 5) is 2.17. The van der Waals surface area contributed by atoms with Crippen LogP contribution in [-0.4, -0.2) is 25.0 Å². The molecule has 0 bridgehead atoms. The summed E-state index contributed by atoms with van der Waals surface area (Å²) in [6.45, 7) is 5.88. The molecule has 0 aliphatic carbocycles. The summed E-state index contributed by atoms with van der Waals surface area (Å²) in [5.74, 6) is 0.450. The second kappa shape index (κ2) is 9.53. The fraction of sp³-hybridized carbons (Fsp3) is 0.538. The van der Waals surface area contributed by atoms with Crippen molar-refractivity contribution in [3.8, 4) is 0 Å². The van der Waals surface area contributed by atoms with Crippen LogP contribution in [0.15, 0.2) is 36.6 Å². The maximum atomic E-state index is 5.38. The molecule has 1 atom stereocenters. The number of rotatable bonds is 7. The molecule has 0 rings (SSSR count). The number of nitrogens with two attached hydrogens (primary N) is 1. The third-order valence-electron chi connectivity index (χ3n) is 2.02. The van der Waals surface area contributed by atoms with Gasteiger partial charge in [-0.1, -0.05) is 44.2 Å². The SMILES string of the molecule is CC/C=C\CN(C)/C=C\C(C)/C=C/CN. The van der Waals surface area contributed by atoms with Crippen molar-refractivity contribution in [2.75, 3.05) is 20.1 Å². The van der Waals surface area contributed by atoms with Gasteiger partial charge in [-0.2, -0.15) is 0 Å². The maximum absolute atomic E-state index is 5.38. The molecule has 0 aromatic rings. The van der Waals surface area contributed by atoms with E-state index in [0.717, 1.165) is 13.0 Å². The van der Waals surface area contributed by atoms with E-state index in [1.807, 2.05) is 6.08 Å². The Bertz CT molecular complexity index is 217. The molecule has 0 aromatic carbocycles. The molecule has 15 heavy (non-hydrogen) atoms. The lowest BCUT2D eigenvalue weighted by Crippen LogP contribution is -2.10. The largest absolute Gasteiger partial charge is 0.377 e. The Labute approximate surface area is 94.1 Å². The molecule has 0 aromatic heterocycles. The molecule has 2 heteroatoms. The molecule has 0 heterocycles. The second-order valence-electron chi connectivity index (χ2n) is 3.68. The molecule has 0 fully saturated rings. The summed E-state index contributed by atoms with van der Waals surface area (Å²) in [5.41, 5.74) is 5.38. The summed E-state index contributed by atoms with van der Waals surface area (Å²) in [6, 6.07) is 0. The Kier molecular flexibility index (Phi) is 8.88. The van der Waals surface area contributed by atoms with Crippen LogP contribution in [0.25, 0.3) is 0 Å². The number of likely N-dealkylation sites (N-methyl/N-ethyl adjacent to an activating group) is 1. The predicted octanol–water partition coefficient (Wildman–Crippen LogP) is 2.55. The van der Waals surface area contributed by atoms with E-state index in [4.69, 9.17) is 5.73 Å².